The van der Waals surface area contributed by atoms with Gasteiger partial charge in [0.15, 0.2) is 0 Å². The SMILES string of the molecule is CC(=O)OC[C@H]1CN[C@@H]2CCCC[C@H]2NCCN[C@@H]2CCCC[C@H]2NCCN1. The third kappa shape index (κ3) is 7.26. The van der Waals surface area contributed by atoms with Crippen molar-refractivity contribution in [2.24, 2.45) is 0 Å². The number of fused-ring (bicyclic) bond motifs is 2. The molecule has 5 atom stereocenters. The molecule has 5 N–H and O–H groups in total. The van der Waals surface area contributed by atoms with E-state index in [0.29, 0.717) is 30.8 Å². The molecule has 3 fully saturated rings. The molecule has 0 unspecified atom stereocenters. The molecule has 0 bridgehead atoms. The zero-order chi connectivity index (χ0) is 19.6. The van der Waals surface area contributed by atoms with Gasteiger partial charge in [0.05, 0.1) is 6.04 Å². The lowest BCUT2D eigenvalue weighted by Gasteiger charge is -2.35. The van der Waals surface area contributed by atoms with E-state index in [2.05, 4.69) is 26.6 Å². The highest BCUT2D eigenvalue weighted by Crippen LogP contribution is 2.20. The van der Waals surface area contributed by atoms with E-state index in [-0.39, 0.29) is 12.0 Å². The Hall–Kier alpha value is -0.730. The summed E-state index contributed by atoms with van der Waals surface area (Å²) in [6.45, 7) is 6.66. The van der Waals surface area contributed by atoms with Crippen molar-refractivity contribution in [2.75, 3.05) is 39.3 Å². The fourth-order valence-electron chi connectivity index (χ4n) is 4.99. The van der Waals surface area contributed by atoms with Gasteiger partial charge in [-0.3, -0.25) is 4.79 Å². The smallest absolute Gasteiger partial charge is 0.302 e. The van der Waals surface area contributed by atoms with Crippen LogP contribution in [0.1, 0.15) is 58.3 Å². The highest BCUT2D eigenvalue weighted by atomic mass is 16.5. The normalized spacial score (nSPS) is 36.2. The van der Waals surface area contributed by atoms with E-state index >= 15 is 0 Å². The second-order valence-electron chi connectivity index (χ2n) is 8.72. The Morgan fingerprint density at radius 2 is 1.14 bits per heavy atom. The first-order valence-corrected chi connectivity index (χ1v) is 11.5. The predicted octanol–water partition coefficient (Wildman–Crippen LogP) is 0.502. The first-order valence-electron chi connectivity index (χ1n) is 11.5. The Balaban J connectivity index is 1.59. The zero-order valence-corrected chi connectivity index (χ0v) is 17.6. The summed E-state index contributed by atoms with van der Waals surface area (Å²) in [6, 6.07) is 2.33. The Bertz CT molecular complexity index is 464. The highest BCUT2D eigenvalue weighted by Gasteiger charge is 2.27. The summed E-state index contributed by atoms with van der Waals surface area (Å²) in [5.41, 5.74) is 0. The van der Waals surface area contributed by atoms with Gasteiger partial charge in [-0.25, -0.2) is 0 Å². The van der Waals surface area contributed by atoms with Crippen LogP contribution < -0.4 is 26.6 Å². The van der Waals surface area contributed by atoms with Gasteiger partial charge in [-0.1, -0.05) is 25.7 Å². The van der Waals surface area contributed by atoms with Crippen molar-refractivity contribution in [1.29, 1.82) is 0 Å². The molecular formula is C21H41N5O2. The Labute approximate surface area is 170 Å². The van der Waals surface area contributed by atoms with Gasteiger partial charge in [-0.15, -0.1) is 0 Å². The molecule has 2 aliphatic carbocycles. The van der Waals surface area contributed by atoms with Crippen molar-refractivity contribution in [3.63, 3.8) is 0 Å². The maximum atomic E-state index is 11.3. The molecule has 1 saturated heterocycles. The molecule has 28 heavy (non-hydrogen) atoms. The minimum absolute atomic E-state index is 0.152. The van der Waals surface area contributed by atoms with Crippen LogP contribution in [-0.4, -0.2) is 75.5 Å². The van der Waals surface area contributed by atoms with Gasteiger partial charge in [-0.05, 0) is 25.7 Å². The van der Waals surface area contributed by atoms with Crippen LogP contribution in [0, 0.1) is 0 Å². The molecule has 1 aliphatic heterocycles. The van der Waals surface area contributed by atoms with E-state index in [0.717, 1.165) is 32.7 Å². The van der Waals surface area contributed by atoms with E-state index in [4.69, 9.17) is 4.74 Å². The topological polar surface area (TPSA) is 86.5 Å². The average molecular weight is 396 g/mol. The first-order chi connectivity index (χ1) is 13.7. The molecule has 3 aliphatic rings. The Kier molecular flexibility index (Phi) is 9.47. The second kappa shape index (κ2) is 12.1. The van der Waals surface area contributed by atoms with Crippen molar-refractivity contribution in [2.45, 2.75) is 88.5 Å². The molecule has 0 aromatic heterocycles. The molecule has 0 spiro atoms. The lowest BCUT2D eigenvalue weighted by Crippen LogP contribution is -2.54. The number of carbonyl (C=O) groups is 1. The molecule has 0 aromatic rings. The fraction of sp³-hybridized carbons (Fsp3) is 0.952. The van der Waals surface area contributed by atoms with Crippen LogP contribution in [0.15, 0.2) is 0 Å². The van der Waals surface area contributed by atoms with Gasteiger partial charge in [0, 0.05) is 63.8 Å². The van der Waals surface area contributed by atoms with Crippen LogP contribution in [0.5, 0.6) is 0 Å². The number of nitrogens with one attached hydrogen (secondary N) is 5. The van der Waals surface area contributed by atoms with Crippen molar-refractivity contribution in [1.82, 2.24) is 26.6 Å². The highest BCUT2D eigenvalue weighted by molar-refractivity contribution is 5.65. The fourth-order valence-corrected chi connectivity index (χ4v) is 4.99. The molecule has 2 saturated carbocycles. The zero-order valence-electron chi connectivity index (χ0n) is 17.6. The lowest BCUT2D eigenvalue weighted by atomic mass is 9.89. The van der Waals surface area contributed by atoms with Gasteiger partial charge in [0.25, 0.3) is 0 Å². The van der Waals surface area contributed by atoms with Gasteiger partial charge in [0.2, 0.25) is 0 Å². The number of hydrogen-bond acceptors (Lipinski definition) is 7. The molecule has 0 aromatic carbocycles. The molecule has 7 heteroatoms. The summed E-state index contributed by atoms with van der Waals surface area (Å²) >= 11 is 0. The monoisotopic (exact) mass is 395 g/mol. The van der Waals surface area contributed by atoms with Gasteiger partial charge < -0.3 is 31.3 Å². The predicted molar refractivity (Wildman–Crippen MR) is 113 cm³/mol. The molecule has 7 nitrogen and oxygen atoms in total. The van der Waals surface area contributed by atoms with E-state index in [1.165, 1.54) is 58.3 Å². The second-order valence-corrected chi connectivity index (χ2v) is 8.72. The van der Waals surface area contributed by atoms with Crippen LogP contribution >= 0.6 is 0 Å². The van der Waals surface area contributed by atoms with Crippen molar-refractivity contribution >= 4 is 5.97 Å². The third-order valence-electron chi connectivity index (χ3n) is 6.55. The van der Waals surface area contributed by atoms with Crippen molar-refractivity contribution in [3.8, 4) is 0 Å². The molecule has 0 radical (unpaired) electrons. The summed E-state index contributed by atoms with van der Waals surface area (Å²) in [4.78, 5) is 11.3. The number of rotatable bonds is 2. The summed E-state index contributed by atoms with van der Waals surface area (Å²) in [7, 11) is 0. The lowest BCUT2D eigenvalue weighted by molar-refractivity contribution is -0.141. The molecule has 1 heterocycles. The number of hydrogen-bond donors (Lipinski definition) is 5. The summed E-state index contributed by atoms with van der Waals surface area (Å²) < 4.78 is 5.30. The van der Waals surface area contributed by atoms with E-state index < -0.39 is 0 Å². The minimum Gasteiger partial charge on any atom is -0.464 e. The first kappa shape index (κ1) is 22.0. The summed E-state index contributed by atoms with van der Waals surface area (Å²) in [5.74, 6) is -0.204. The summed E-state index contributed by atoms with van der Waals surface area (Å²) in [6.07, 6.45) is 10.3. The molecule has 3 rings (SSSR count). The van der Waals surface area contributed by atoms with Crippen LogP contribution in [0.25, 0.3) is 0 Å². The quantitative estimate of drug-likeness (QED) is 0.435. The van der Waals surface area contributed by atoms with Crippen LogP contribution in [-0.2, 0) is 9.53 Å². The van der Waals surface area contributed by atoms with Crippen molar-refractivity contribution < 1.29 is 9.53 Å². The number of esters is 1. The van der Waals surface area contributed by atoms with E-state index in [1.807, 2.05) is 0 Å². The van der Waals surface area contributed by atoms with Crippen molar-refractivity contribution in [3.05, 3.63) is 0 Å². The van der Waals surface area contributed by atoms with Crippen LogP contribution in [0.4, 0.5) is 0 Å². The largest absolute Gasteiger partial charge is 0.464 e. The minimum atomic E-state index is -0.204. The maximum Gasteiger partial charge on any atom is 0.302 e. The average Bonchev–Trinajstić information content (AvgIpc) is 2.71. The van der Waals surface area contributed by atoms with E-state index in [9.17, 15) is 4.79 Å². The van der Waals surface area contributed by atoms with Crippen LogP contribution in [0.2, 0.25) is 0 Å². The Morgan fingerprint density at radius 1 is 0.714 bits per heavy atom. The van der Waals surface area contributed by atoms with Crippen LogP contribution in [0.3, 0.4) is 0 Å². The third-order valence-corrected chi connectivity index (χ3v) is 6.55. The van der Waals surface area contributed by atoms with E-state index in [1.54, 1.807) is 0 Å². The molecule has 0 amide bonds. The van der Waals surface area contributed by atoms with Gasteiger partial charge in [0.1, 0.15) is 6.61 Å². The van der Waals surface area contributed by atoms with Gasteiger partial charge >= 0.3 is 5.97 Å². The standard InChI is InChI=1S/C21H41N5O2/c1-16(27)28-15-17-14-26-21-9-5-4-8-20(21)25-13-12-24-19-7-3-2-6-18(19)23-11-10-22-17/h17-26H,2-15H2,1H3/t17-,18-,19-,20-,21-/m1/s1. The molecule has 162 valence electrons. The summed E-state index contributed by atoms with van der Waals surface area (Å²) in [5, 5.41) is 18.7. The maximum absolute atomic E-state index is 11.3. The Morgan fingerprint density at radius 3 is 1.61 bits per heavy atom. The number of carbonyl (C=O) groups excluding carboxylic acids is 1. The molecular weight excluding hydrogens is 354 g/mol. The number of ether oxygens (including phenoxy) is 1. The van der Waals surface area contributed by atoms with Gasteiger partial charge in [-0.2, -0.15) is 0 Å².